The monoisotopic (exact) mass is 352 g/mol. The molecule has 6 nitrogen and oxygen atoms in total. The Labute approximate surface area is 141 Å². The van der Waals surface area contributed by atoms with E-state index < -0.39 is 17.8 Å². The summed E-state index contributed by atoms with van der Waals surface area (Å²) in [4.78, 5) is 21.3. The van der Waals surface area contributed by atoms with E-state index in [9.17, 15) is 18.0 Å². The zero-order valence-corrected chi connectivity index (χ0v) is 13.2. The first-order valence-corrected chi connectivity index (χ1v) is 7.55. The lowest BCUT2D eigenvalue weighted by Crippen LogP contribution is -2.25. The summed E-state index contributed by atoms with van der Waals surface area (Å²) < 4.78 is 42.7. The highest BCUT2D eigenvalue weighted by molar-refractivity contribution is 5.88. The summed E-state index contributed by atoms with van der Waals surface area (Å²) >= 11 is 0. The van der Waals surface area contributed by atoms with Crippen molar-refractivity contribution in [3.63, 3.8) is 0 Å². The van der Waals surface area contributed by atoms with Gasteiger partial charge in [-0.2, -0.15) is 18.2 Å². The number of halogens is 3. The van der Waals surface area contributed by atoms with E-state index in [1.807, 2.05) is 0 Å². The van der Waals surface area contributed by atoms with Crippen molar-refractivity contribution in [3.8, 4) is 0 Å². The van der Waals surface area contributed by atoms with Crippen LogP contribution in [0, 0.1) is 0 Å². The average Bonchev–Trinajstić information content (AvgIpc) is 3.00. The molecule has 1 aromatic heterocycles. The lowest BCUT2D eigenvalue weighted by Gasteiger charge is -2.17. The molecular formula is C16H15F3N4O2. The molecule has 0 unspecified atom stereocenters. The second-order valence-electron chi connectivity index (χ2n) is 5.49. The number of nitrogens with zero attached hydrogens (tertiary/aromatic N) is 3. The molecule has 1 N–H and O–H groups in total. The van der Waals surface area contributed by atoms with Crippen LogP contribution in [0.1, 0.15) is 24.1 Å². The highest BCUT2D eigenvalue weighted by atomic mass is 19.4. The minimum Gasteiger partial charge on any atom is -0.447 e. The molecule has 3 rings (SSSR count). The number of nitrogens with one attached hydrogen (secondary N) is 1. The van der Waals surface area contributed by atoms with E-state index in [2.05, 4.69) is 15.3 Å². The fraction of sp³-hybridized carbons (Fsp3) is 0.312. The first-order chi connectivity index (χ1) is 11.8. The minimum atomic E-state index is -4.36. The Morgan fingerprint density at radius 2 is 1.96 bits per heavy atom. The van der Waals surface area contributed by atoms with Crippen molar-refractivity contribution in [1.82, 2.24) is 9.97 Å². The van der Waals surface area contributed by atoms with Gasteiger partial charge in [-0.15, -0.1) is 0 Å². The second-order valence-corrected chi connectivity index (χ2v) is 5.49. The Morgan fingerprint density at radius 1 is 1.24 bits per heavy atom. The van der Waals surface area contributed by atoms with Crippen LogP contribution < -0.4 is 10.2 Å². The maximum Gasteiger partial charge on any atom is 0.416 e. The van der Waals surface area contributed by atoms with Crippen molar-refractivity contribution in [2.75, 3.05) is 23.4 Å². The van der Waals surface area contributed by atoms with Crippen LogP contribution in [-0.4, -0.2) is 29.2 Å². The van der Waals surface area contributed by atoms with Gasteiger partial charge < -0.3 is 10.1 Å². The SMILES string of the molecule is C[C@H](Nc1nccc(N2CCOC2=O)n1)c1ccc(C(F)(F)F)cc1. The topological polar surface area (TPSA) is 67.3 Å². The van der Waals surface area contributed by atoms with E-state index in [0.717, 1.165) is 12.1 Å². The van der Waals surface area contributed by atoms with Gasteiger partial charge in [0.05, 0.1) is 18.2 Å². The number of anilines is 2. The predicted molar refractivity (Wildman–Crippen MR) is 84.2 cm³/mol. The summed E-state index contributed by atoms with van der Waals surface area (Å²) in [6.45, 7) is 2.49. The molecule has 0 bridgehead atoms. The highest BCUT2D eigenvalue weighted by Crippen LogP contribution is 2.30. The van der Waals surface area contributed by atoms with E-state index in [-0.39, 0.29) is 12.0 Å². The fourth-order valence-corrected chi connectivity index (χ4v) is 2.41. The molecule has 1 aromatic carbocycles. The van der Waals surface area contributed by atoms with Gasteiger partial charge in [0.2, 0.25) is 5.95 Å². The van der Waals surface area contributed by atoms with Gasteiger partial charge in [-0.25, -0.2) is 9.78 Å². The molecule has 0 spiro atoms. The van der Waals surface area contributed by atoms with Crippen LogP contribution in [0.4, 0.5) is 29.7 Å². The third-order valence-corrected chi connectivity index (χ3v) is 3.76. The Balaban J connectivity index is 1.72. The number of cyclic esters (lactones) is 1. The van der Waals surface area contributed by atoms with E-state index in [1.165, 1.54) is 23.2 Å². The van der Waals surface area contributed by atoms with E-state index in [1.54, 1.807) is 13.0 Å². The summed E-state index contributed by atoms with van der Waals surface area (Å²) in [6.07, 6.45) is -3.34. The smallest absolute Gasteiger partial charge is 0.416 e. The summed E-state index contributed by atoms with van der Waals surface area (Å²) in [5, 5.41) is 3.01. The molecule has 25 heavy (non-hydrogen) atoms. The van der Waals surface area contributed by atoms with Crippen LogP contribution in [0.5, 0.6) is 0 Å². The number of ether oxygens (including phenoxy) is 1. The summed E-state index contributed by atoms with van der Waals surface area (Å²) in [5.41, 5.74) is -0.0446. The molecule has 2 heterocycles. The van der Waals surface area contributed by atoms with Crippen LogP contribution in [0.2, 0.25) is 0 Å². The van der Waals surface area contributed by atoms with Crippen molar-refractivity contribution in [2.45, 2.75) is 19.1 Å². The molecule has 1 atom stereocenters. The van der Waals surface area contributed by atoms with Gasteiger partial charge in [0, 0.05) is 6.20 Å². The molecular weight excluding hydrogens is 337 g/mol. The predicted octanol–water partition coefficient (Wildman–Crippen LogP) is 3.63. The molecule has 132 valence electrons. The summed E-state index contributed by atoms with van der Waals surface area (Å²) in [6, 6.07) is 6.14. The van der Waals surface area contributed by atoms with Gasteiger partial charge in [-0.1, -0.05) is 12.1 Å². The molecule has 9 heteroatoms. The zero-order chi connectivity index (χ0) is 18.0. The van der Waals surface area contributed by atoms with Crippen molar-refractivity contribution < 1.29 is 22.7 Å². The largest absolute Gasteiger partial charge is 0.447 e. The van der Waals surface area contributed by atoms with Crippen molar-refractivity contribution in [2.24, 2.45) is 0 Å². The second kappa shape index (κ2) is 6.58. The summed E-state index contributed by atoms with van der Waals surface area (Å²) in [5.74, 6) is 0.671. The molecule has 2 aromatic rings. The fourth-order valence-electron chi connectivity index (χ4n) is 2.41. The molecule has 1 fully saturated rings. The maximum absolute atomic E-state index is 12.6. The van der Waals surface area contributed by atoms with Crippen LogP contribution in [-0.2, 0) is 10.9 Å². The lowest BCUT2D eigenvalue weighted by molar-refractivity contribution is -0.137. The molecule has 1 aliphatic heterocycles. The van der Waals surface area contributed by atoms with Crippen molar-refractivity contribution in [3.05, 3.63) is 47.7 Å². The molecule has 1 amide bonds. The number of alkyl halides is 3. The maximum atomic E-state index is 12.6. The molecule has 0 radical (unpaired) electrons. The van der Waals surface area contributed by atoms with Gasteiger partial charge in [-0.05, 0) is 30.7 Å². The zero-order valence-electron chi connectivity index (χ0n) is 13.2. The summed E-state index contributed by atoms with van der Waals surface area (Å²) in [7, 11) is 0. The van der Waals surface area contributed by atoms with Crippen molar-refractivity contribution in [1.29, 1.82) is 0 Å². The Morgan fingerprint density at radius 3 is 2.56 bits per heavy atom. The minimum absolute atomic E-state index is 0.268. The number of aromatic nitrogens is 2. The van der Waals surface area contributed by atoms with Crippen LogP contribution in [0.3, 0.4) is 0 Å². The third kappa shape index (κ3) is 3.81. The quantitative estimate of drug-likeness (QED) is 0.910. The van der Waals surface area contributed by atoms with Crippen molar-refractivity contribution >= 4 is 17.9 Å². The van der Waals surface area contributed by atoms with Crippen LogP contribution >= 0.6 is 0 Å². The number of hydrogen-bond donors (Lipinski definition) is 1. The number of carbonyl (C=O) groups excluding carboxylic acids is 1. The molecule has 1 aliphatic rings. The standard InChI is InChI=1S/C16H15F3N4O2/c1-10(11-2-4-12(5-3-11)16(17,18)19)21-14-20-7-6-13(22-14)23-8-9-25-15(23)24/h2-7,10H,8-9H2,1H3,(H,20,21,22)/t10-/m0/s1. The number of rotatable bonds is 4. The number of carbonyl (C=O) groups is 1. The normalized spacial score (nSPS) is 15.8. The van der Waals surface area contributed by atoms with Gasteiger partial charge in [0.25, 0.3) is 0 Å². The third-order valence-electron chi connectivity index (χ3n) is 3.76. The van der Waals surface area contributed by atoms with Crippen LogP contribution in [0.25, 0.3) is 0 Å². The van der Waals surface area contributed by atoms with E-state index in [4.69, 9.17) is 4.74 Å². The van der Waals surface area contributed by atoms with Crippen LogP contribution in [0.15, 0.2) is 36.5 Å². The Hall–Kier alpha value is -2.84. The van der Waals surface area contributed by atoms with E-state index in [0.29, 0.717) is 24.5 Å². The average molecular weight is 352 g/mol. The van der Waals surface area contributed by atoms with Gasteiger partial charge in [0.15, 0.2) is 0 Å². The molecule has 1 saturated heterocycles. The molecule has 0 aliphatic carbocycles. The van der Waals surface area contributed by atoms with E-state index >= 15 is 0 Å². The molecule has 0 saturated carbocycles. The van der Waals surface area contributed by atoms with Gasteiger partial charge in [-0.3, -0.25) is 4.90 Å². The number of amides is 1. The van der Waals surface area contributed by atoms with Gasteiger partial charge >= 0.3 is 12.3 Å². The lowest BCUT2D eigenvalue weighted by atomic mass is 10.1. The first kappa shape index (κ1) is 17.0. The Kier molecular flexibility index (Phi) is 4.47. The van der Waals surface area contributed by atoms with Gasteiger partial charge in [0.1, 0.15) is 12.4 Å². The Bertz CT molecular complexity index is 765. The number of benzene rings is 1. The number of hydrogen-bond acceptors (Lipinski definition) is 5. The highest BCUT2D eigenvalue weighted by Gasteiger charge is 2.30. The first-order valence-electron chi connectivity index (χ1n) is 7.55.